The Labute approximate surface area is 209 Å². The number of para-hydroxylation sites is 1. The lowest BCUT2D eigenvalue weighted by Crippen LogP contribution is -2.40. The van der Waals surface area contributed by atoms with Crippen LogP contribution in [0.2, 0.25) is 0 Å². The summed E-state index contributed by atoms with van der Waals surface area (Å²) in [7, 11) is 1.85. The van der Waals surface area contributed by atoms with Crippen molar-refractivity contribution in [3.8, 4) is 11.8 Å². The highest BCUT2D eigenvalue weighted by molar-refractivity contribution is 14.0. The molecule has 1 aliphatic heterocycles. The first-order chi connectivity index (χ1) is 15.1. The second-order valence-corrected chi connectivity index (χ2v) is 8.21. The van der Waals surface area contributed by atoms with Crippen molar-refractivity contribution in [2.75, 3.05) is 32.4 Å². The largest absolute Gasteiger partial charge is 0.382 e. The number of rotatable bonds is 8. The summed E-state index contributed by atoms with van der Waals surface area (Å²) < 4.78 is 1.66. The molecule has 2 heterocycles. The summed E-state index contributed by atoms with van der Waals surface area (Å²) in [5.74, 6) is 2.94. The van der Waals surface area contributed by atoms with Crippen molar-refractivity contribution in [2.24, 2.45) is 16.8 Å². The van der Waals surface area contributed by atoms with Gasteiger partial charge in [0, 0.05) is 26.7 Å². The lowest BCUT2D eigenvalue weighted by atomic mass is 9.87. The summed E-state index contributed by atoms with van der Waals surface area (Å²) in [6.07, 6.45) is 5.28. The number of guanidine groups is 1. The molecule has 1 fully saturated rings. The second-order valence-electron chi connectivity index (χ2n) is 8.21. The van der Waals surface area contributed by atoms with Crippen molar-refractivity contribution in [3.05, 3.63) is 41.6 Å². The molecular formula is C24H36IN7. The highest BCUT2D eigenvalue weighted by Gasteiger charge is 2.29. The zero-order valence-corrected chi connectivity index (χ0v) is 21.8. The zero-order valence-electron chi connectivity index (χ0n) is 19.4. The number of halogens is 1. The number of aliphatic imine (C=N–C) groups is 1. The van der Waals surface area contributed by atoms with Crippen LogP contribution < -0.4 is 11.1 Å². The number of aromatic nitrogens is 2. The highest BCUT2D eigenvalue weighted by Crippen LogP contribution is 2.28. The van der Waals surface area contributed by atoms with Crippen molar-refractivity contribution in [1.82, 2.24) is 20.0 Å². The van der Waals surface area contributed by atoms with Gasteiger partial charge in [0.1, 0.15) is 17.5 Å². The summed E-state index contributed by atoms with van der Waals surface area (Å²) >= 11 is 0. The molecule has 32 heavy (non-hydrogen) atoms. The third-order valence-corrected chi connectivity index (χ3v) is 6.43. The van der Waals surface area contributed by atoms with Gasteiger partial charge in [-0.15, -0.1) is 24.0 Å². The Morgan fingerprint density at radius 1 is 1.31 bits per heavy atom. The molecule has 0 saturated carbocycles. The van der Waals surface area contributed by atoms with Gasteiger partial charge in [-0.25, -0.2) is 4.68 Å². The topological polar surface area (TPSA) is 95.3 Å². The van der Waals surface area contributed by atoms with E-state index in [1.807, 2.05) is 37.4 Å². The minimum Gasteiger partial charge on any atom is -0.382 e. The molecule has 8 heteroatoms. The zero-order chi connectivity index (χ0) is 22.2. The van der Waals surface area contributed by atoms with Crippen LogP contribution in [0.25, 0.3) is 5.69 Å². The number of hydrogen-bond acceptors (Lipinski definition) is 4. The first-order valence-corrected chi connectivity index (χ1v) is 11.4. The average molecular weight is 550 g/mol. The molecule has 0 bridgehead atoms. The number of hydrogen-bond donors (Lipinski definition) is 2. The van der Waals surface area contributed by atoms with E-state index in [9.17, 15) is 5.26 Å². The summed E-state index contributed by atoms with van der Waals surface area (Å²) in [5.41, 5.74) is 8.28. The molecular weight excluding hydrogens is 513 g/mol. The van der Waals surface area contributed by atoms with Gasteiger partial charge >= 0.3 is 0 Å². The van der Waals surface area contributed by atoms with Crippen molar-refractivity contribution < 1.29 is 0 Å². The fourth-order valence-corrected chi connectivity index (χ4v) is 4.65. The summed E-state index contributed by atoms with van der Waals surface area (Å²) in [5, 5.41) is 17.7. The van der Waals surface area contributed by atoms with E-state index in [4.69, 9.17) is 5.73 Å². The monoisotopic (exact) mass is 549 g/mol. The lowest BCUT2D eigenvalue weighted by molar-refractivity contribution is 0.319. The first-order valence-electron chi connectivity index (χ1n) is 11.4. The molecule has 0 amide bonds. The van der Waals surface area contributed by atoms with Gasteiger partial charge in [-0.2, -0.15) is 10.4 Å². The third kappa shape index (κ3) is 5.94. The normalized spacial score (nSPS) is 16.2. The maximum atomic E-state index is 9.57. The molecule has 7 nitrogen and oxygen atoms in total. The minimum absolute atomic E-state index is 0. The summed E-state index contributed by atoms with van der Waals surface area (Å²) in [6, 6.07) is 11.9. The molecule has 1 aromatic carbocycles. The molecule has 3 rings (SSSR count). The van der Waals surface area contributed by atoms with E-state index in [-0.39, 0.29) is 24.0 Å². The lowest BCUT2D eigenvalue weighted by Gasteiger charge is -2.24. The van der Waals surface area contributed by atoms with E-state index in [2.05, 4.69) is 40.2 Å². The van der Waals surface area contributed by atoms with Crippen LogP contribution in [-0.2, 0) is 6.42 Å². The Hall–Kier alpha value is -2.28. The summed E-state index contributed by atoms with van der Waals surface area (Å²) in [4.78, 5) is 6.87. The van der Waals surface area contributed by atoms with Crippen molar-refractivity contribution in [3.63, 3.8) is 0 Å². The van der Waals surface area contributed by atoms with Crippen molar-refractivity contribution in [1.29, 1.82) is 5.26 Å². The molecule has 0 radical (unpaired) electrons. The van der Waals surface area contributed by atoms with E-state index in [0.717, 1.165) is 55.2 Å². The van der Waals surface area contributed by atoms with Crippen LogP contribution in [0.3, 0.4) is 0 Å². The van der Waals surface area contributed by atoms with Crippen LogP contribution >= 0.6 is 24.0 Å². The molecule has 174 valence electrons. The quantitative estimate of drug-likeness (QED) is 0.223. The summed E-state index contributed by atoms with van der Waals surface area (Å²) in [6.45, 7) is 7.53. The number of anilines is 1. The van der Waals surface area contributed by atoms with Crippen molar-refractivity contribution >= 4 is 35.8 Å². The number of nitrogens with two attached hydrogens (primary N) is 1. The number of nitrogen functional groups attached to an aromatic ring is 1. The van der Waals surface area contributed by atoms with Gasteiger partial charge in [-0.05, 0) is 43.2 Å². The van der Waals surface area contributed by atoms with Crippen LogP contribution in [0.5, 0.6) is 0 Å². The van der Waals surface area contributed by atoms with Gasteiger partial charge in [0.05, 0.1) is 11.4 Å². The first kappa shape index (κ1) is 26.0. The van der Waals surface area contributed by atoms with Gasteiger partial charge in [-0.3, -0.25) is 4.99 Å². The predicted molar refractivity (Wildman–Crippen MR) is 142 cm³/mol. The van der Waals surface area contributed by atoms with Crippen LogP contribution in [0.4, 0.5) is 5.82 Å². The van der Waals surface area contributed by atoms with E-state index in [0.29, 0.717) is 17.8 Å². The molecule has 0 spiro atoms. The van der Waals surface area contributed by atoms with E-state index < -0.39 is 0 Å². The maximum Gasteiger partial charge on any atom is 0.193 e. The average Bonchev–Trinajstić information content (AvgIpc) is 3.40. The minimum atomic E-state index is 0. The van der Waals surface area contributed by atoms with Gasteiger partial charge in [-0.1, -0.05) is 44.9 Å². The van der Waals surface area contributed by atoms with Crippen LogP contribution in [0.1, 0.15) is 50.8 Å². The van der Waals surface area contributed by atoms with E-state index in [1.54, 1.807) is 4.68 Å². The van der Waals surface area contributed by atoms with Crippen LogP contribution in [0, 0.1) is 23.2 Å². The molecule has 1 aliphatic rings. The number of benzene rings is 1. The molecule has 3 N–H and O–H groups in total. The SMILES string of the molecule is CCC(CC)C1CCN(C(=NC)NCCCc2nn(-c3ccccc3)c(N)c2C#N)C1.I. The van der Waals surface area contributed by atoms with Gasteiger partial charge in [0.15, 0.2) is 5.96 Å². The number of nitriles is 1. The number of aryl methyl sites for hydroxylation is 1. The fourth-order valence-electron chi connectivity index (χ4n) is 4.65. The van der Waals surface area contributed by atoms with Crippen LogP contribution in [0.15, 0.2) is 35.3 Å². The standard InChI is InChI=1S/C24H35N7.HI/c1-4-18(5-2)19-13-15-30(17-19)24(27-3)28-14-9-12-22-21(16-25)23(26)31(29-22)20-10-7-6-8-11-20;/h6-8,10-11,18-19H,4-5,9,12-15,17,26H2,1-3H3,(H,27,28);1H. The second kappa shape index (κ2) is 12.7. The van der Waals surface area contributed by atoms with E-state index >= 15 is 0 Å². The Balaban J connectivity index is 0.00000363. The predicted octanol–water partition coefficient (Wildman–Crippen LogP) is 4.21. The van der Waals surface area contributed by atoms with Crippen molar-refractivity contribution in [2.45, 2.75) is 46.0 Å². The smallest absolute Gasteiger partial charge is 0.193 e. The van der Waals surface area contributed by atoms with Gasteiger partial charge in [0.2, 0.25) is 0 Å². The van der Waals surface area contributed by atoms with E-state index in [1.165, 1.54) is 19.3 Å². The molecule has 1 saturated heterocycles. The Morgan fingerprint density at radius 2 is 2.03 bits per heavy atom. The fraction of sp³-hybridized carbons (Fsp3) is 0.542. The molecule has 2 aromatic rings. The third-order valence-electron chi connectivity index (χ3n) is 6.43. The molecule has 0 aliphatic carbocycles. The van der Waals surface area contributed by atoms with Gasteiger partial charge in [0.25, 0.3) is 0 Å². The van der Waals surface area contributed by atoms with Crippen LogP contribution in [-0.4, -0.2) is 47.3 Å². The maximum absolute atomic E-state index is 9.57. The Kier molecular flexibility index (Phi) is 10.3. The number of likely N-dealkylation sites (tertiary alicyclic amines) is 1. The highest BCUT2D eigenvalue weighted by atomic mass is 127. The Morgan fingerprint density at radius 3 is 2.66 bits per heavy atom. The number of nitrogens with one attached hydrogen (secondary N) is 1. The molecule has 1 atom stereocenters. The van der Waals surface area contributed by atoms with Gasteiger partial charge < -0.3 is 16.0 Å². The molecule has 1 unspecified atom stereocenters. The Bertz CT molecular complexity index is 912. The molecule has 1 aromatic heterocycles. The number of nitrogens with zero attached hydrogens (tertiary/aromatic N) is 5.